The molecule has 0 bridgehead atoms. The summed E-state index contributed by atoms with van der Waals surface area (Å²) >= 11 is 1.48. The summed E-state index contributed by atoms with van der Waals surface area (Å²) in [5.74, 6) is 0.684. The molecule has 0 unspecified atom stereocenters. The Balaban J connectivity index is 1.51. The molecule has 1 N–H and O–H groups in total. The van der Waals surface area contributed by atoms with E-state index < -0.39 is 0 Å². The smallest absolute Gasteiger partial charge is 0.259 e. The van der Waals surface area contributed by atoms with Crippen LogP contribution in [0.1, 0.15) is 43.1 Å². The summed E-state index contributed by atoms with van der Waals surface area (Å²) in [6.07, 6.45) is 7.24. The largest absolute Gasteiger partial charge is 0.360 e. The van der Waals surface area contributed by atoms with Gasteiger partial charge in [0.15, 0.2) is 5.82 Å². The molecule has 1 fully saturated rings. The topological polar surface area (TPSA) is 85.6 Å². The Morgan fingerprint density at radius 1 is 1.15 bits per heavy atom. The van der Waals surface area contributed by atoms with Gasteiger partial charge in [-0.05, 0) is 55.3 Å². The standard InChI is InChI=1S/C25H22N6OS/c1-14-8-17(11-26-10-14)19-5-3-4-16-9-20(31(18-6-7-18)25(32)21(16)19)15(2)30-23-22-24(28-12-27-23)33-13-29-22/h3-5,8-13,15,18H,6-7H2,1-2H3,(H,27,28,30)/t15-/m0/s1. The van der Waals surface area contributed by atoms with Gasteiger partial charge in [-0.3, -0.25) is 9.78 Å². The van der Waals surface area contributed by atoms with Crippen LogP contribution >= 0.6 is 11.3 Å². The maximum Gasteiger partial charge on any atom is 0.259 e. The van der Waals surface area contributed by atoms with Crippen LogP contribution in [-0.2, 0) is 0 Å². The van der Waals surface area contributed by atoms with E-state index in [1.165, 1.54) is 11.3 Å². The first-order valence-electron chi connectivity index (χ1n) is 11.0. The van der Waals surface area contributed by atoms with Crippen molar-refractivity contribution in [2.45, 2.75) is 38.8 Å². The van der Waals surface area contributed by atoms with Crippen LogP contribution in [0.5, 0.6) is 0 Å². The summed E-state index contributed by atoms with van der Waals surface area (Å²) in [6, 6.07) is 10.3. The molecular formula is C25H22N6OS. The Labute approximate surface area is 194 Å². The molecule has 4 heterocycles. The molecule has 8 heteroatoms. The van der Waals surface area contributed by atoms with E-state index in [1.807, 2.05) is 42.1 Å². The summed E-state index contributed by atoms with van der Waals surface area (Å²) < 4.78 is 1.98. The predicted molar refractivity (Wildman–Crippen MR) is 132 cm³/mol. The number of thiazole rings is 1. The number of aryl methyl sites for hydroxylation is 1. The number of rotatable bonds is 5. The van der Waals surface area contributed by atoms with Crippen molar-refractivity contribution >= 4 is 38.3 Å². The molecule has 4 aromatic heterocycles. The second-order valence-corrected chi connectivity index (χ2v) is 9.42. The third-order valence-corrected chi connectivity index (χ3v) is 6.87. The zero-order valence-corrected chi connectivity index (χ0v) is 19.1. The van der Waals surface area contributed by atoms with Gasteiger partial charge in [0.25, 0.3) is 5.56 Å². The van der Waals surface area contributed by atoms with Crippen molar-refractivity contribution < 1.29 is 0 Å². The Morgan fingerprint density at radius 3 is 2.85 bits per heavy atom. The minimum Gasteiger partial charge on any atom is -0.360 e. The Kier molecular flexibility index (Phi) is 4.69. The minimum absolute atomic E-state index is 0.0530. The normalized spacial score (nSPS) is 14.6. The van der Waals surface area contributed by atoms with Crippen LogP contribution < -0.4 is 10.9 Å². The number of aromatic nitrogens is 5. The highest BCUT2D eigenvalue weighted by molar-refractivity contribution is 7.16. The highest BCUT2D eigenvalue weighted by Crippen LogP contribution is 2.38. The van der Waals surface area contributed by atoms with Crippen LogP contribution in [0.25, 0.3) is 32.2 Å². The molecule has 0 amide bonds. The molecule has 0 saturated heterocycles. The maximum absolute atomic E-state index is 13.9. The molecule has 1 aliphatic rings. The lowest BCUT2D eigenvalue weighted by Crippen LogP contribution is -2.26. The van der Waals surface area contributed by atoms with E-state index in [9.17, 15) is 4.79 Å². The van der Waals surface area contributed by atoms with E-state index in [-0.39, 0.29) is 17.6 Å². The van der Waals surface area contributed by atoms with Gasteiger partial charge < -0.3 is 9.88 Å². The highest BCUT2D eigenvalue weighted by atomic mass is 32.1. The fourth-order valence-corrected chi connectivity index (χ4v) is 5.09. The number of pyridine rings is 2. The first-order chi connectivity index (χ1) is 16.1. The predicted octanol–water partition coefficient (Wildman–Crippen LogP) is 5.28. The van der Waals surface area contributed by atoms with Crippen LogP contribution in [0.4, 0.5) is 5.82 Å². The highest BCUT2D eigenvalue weighted by Gasteiger charge is 2.30. The lowest BCUT2D eigenvalue weighted by molar-refractivity contribution is 0.636. The van der Waals surface area contributed by atoms with Gasteiger partial charge in [0.05, 0.1) is 16.9 Å². The summed E-state index contributed by atoms with van der Waals surface area (Å²) in [5, 5.41) is 5.16. The molecule has 5 aromatic rings. The number of hydrogen-bond acceptors (Lipinski definition) is 7. The lowest BCUT2D eigenvalue weighted by Gasteiger charge is -2.22. The molecule has 7 nitrogen and oxygen atoms in total. The Hall–Kier alpha value is -3.65. The molecule has 0 aliphatic heterocycles. The van der Waals surface area contributed by atoms with E-state index >= 15 is 0 Å². The van der Waals surface area contributed by atoms with Gasteiger partial charge in [0.1, 0.15) is 16.7 Å². The van der Waals surface area contributed by atoms with Crippen molar-refractivity contribution in [1.82, 2.24) is 24.5 Å². The van der Waals surface area contributed by atoms with Gasteiger partial charge >= 0.3 is 0 Å². The van der Waals surface area contributed by atoms with Gasteiger partial charge in [0.2, 0.25) is 0 Å². The molecule has 0 radical (unpaired) electrons. The molecule has 164 valence electrons. The Morgan fingerprint density at radius 2 is 2.03 bits per heavy atom. The van der Waals surface area contributed by atoms with Crippen molar-refractivity contribution in [3.8, 4) is 11.1 Å². The number of fused-ring (bicyclic) bond motifs is 2. The summed E-state index contributed by atoms with van der Waals surface area (Å²) in [7, 11) is 0. The third kappa shape index (κ3) is 3.47. The van der Waals surface area contributed by atoms with Crippen molar-refractivity contribution in [2.75, 3.05) is 5.32 Å². The van der Waals surface area contributed by atoms with Gasteiger partial charge in [0, 0.05) is 29.7 Å². The second kappa shape index (κ2) is 7.74. The van der Waals surface area contributed by atoms with Crippen LogP contribution in [0.2, 0.25) is 0 Å². The van der Waals surface area contributed by atoms with E-state index in [0.717, 1.165) is 56.3 Å². The molecule has 1 saturated carbocycles. The Bertz CT molecular complexity index is 1570. The number of nitrogens with zero attached hydrogens (tertiary/aromatic N) is 5. The quantitative estimate of drug-likeness (QED) is 0.389. The molecule has 6 rings (SSSR count). The molecule has 33 heavy (non-hydrogen) atoms. The first-order valence-corrected chi connectivity index (χ1v) is 11.9. The van der Waals surface area contributed by atoms with Crippen LogP contribution in [-0.4, -0.2) is 24.5 Å². The van der Waals surface area contributed by atoms with E-state index in [1.54, 1.807) is 11.8 Å². The zero-order chi connectivity index (χ0) is 22.5. The van der Waals surface area contributed by atoms with Gasteiger partial charge in [-0.25, -0.2) is 15.0 Å². The lowest BCUT2D eigenvalue weighted by atomic mass is 9.98. The van der Waals surface area contributed by atoms with Gasteiger partial charge in [-0.15, -0.1) is 11.3 Å². The minimum atomic E-state index is -0.133. The summed E-state index contributed by atoms with van der Waals surface area (Å²) in [4.78, 5) is 32.2. The van der Waals surface area contributed by atoms with Gasteiger partial charge in [-0.2, -0.15) is 0 Å². The fourth-order valence-electron chi connectivity index (χ4n) is 4.46. The average Bonchev–Trinajstić information content (AvgIpc) is 3.53. The molecule has 1 aliphatic carbocycles. The number of nitrogens with one attached hydrogen (secondary N) is 1. The first kappa shape index (κ1) is 20.0. The number of benzene rings is 1. The third-order valence-electron chi connectivity index (χ3n) is 6.14. The van der Waals surface area contributed by atoms with E-state index in [2.05, 4.69) is 44.3 Å². The van der Waals surface area contributed by atoms with Crippen LogP contribution in [0.3, 0.4) is 0 Å². The average molecular weight is 455 g/mol. The molecule has 1 atom stereocenters. The van der Waals surface area contributed by atoms with E-state index in [0.29, 0.717) is 5.82 Å². The molecule has 0 spiro atoms. The number of anilines is 1. The van der Waals surface area contributed by atoms with Gasteiger partial charge in [-0.1, -0.05) is 18.2 Å². The fraction of sp³-hybridized carbons (Fsp3) is 0.240. The number of hydrogen-bond donors (Lipinski definition) is 1. The second-order valence-electron chi connectivity index (χ2n) is 8.59. The maximum atomic E-state index is 13.9. The van der Waals surface area contributed by atoms with Crippen molar-refractivity contribution in [1.29, 1.82) is 0 Å². The molecule has 1 aromatic carbocycles. The van der Waals surface area contributed by atoms with Crippen molar-refractivity contribution in [3.05, 3.63) is 76.2 Å². The van der Waals surface area contributed by atoms with Crippen molar-refractivity contribution in [3.63, 3.8) is 0 Å². The monoisotopic (exact) mass is 454 g/mol. The van der Waals surface area contributed by atoms with Crippen LogP contribution in [0, 0.1) is 6.92 Å². The SMILES string of the molecule is Cc1cncc(-c2cccc3cc([C@H](C)Nc4ncnc5scnc45)n(C4CC4)c(=O)c23)c1. The van der Waals surface area contributed by atoms with Crippen LogP contribution in [0.15, 0.2) is 59.4 Å². The van der Waals surface area contributed by atoms with E-state index in [4.69, 9.17) is 0 Å². The molecular weight excluding hydrogens is 432 g/mol. The summed E-state index contributed by atoms with van der Waals surface area (Å²) in [6.45, 7) is 4.08. The summed E-state index contributed by atoms with van der Waals surface area (Å²) in [5.41, 5.74) is 6.49. The van der Waals surface area contributed by atoms with Crippen molar-refractivity contribution in [2.24, 2.45) is 0 Å². The zero-order valence-electron chi connectivity index (χ0n) is 18.3.